The fourth-order valence-electron chi connectivity index (χ4n) is 2.23. The average molecular weight is 376 g/mol. The van der Waals surface area contributed by atoms with Gasteiger partial charge < -0.3 is 5.32 Å². The van der Waals surface area contributed by atoms with Gasteiger partial charge in [-0.05, 0) is 24.3 Å². The number of nitrogens with one attached hydrogen (secondary N) is 1. The second kappa shape index (κ2) is 7.72. The zero-order valence-corrected chi connectivity index (χ0v) is 14.9. The van der Waals surface area contributed by atoms with Gasteiger partial charge >= 0.3 is 0 Å². The highest BCUT2D eigenvalue weighted by molar-refractivity contribution is 8.00. The number of rotatable bonds is 5. The topological polar surface area (TPSA) is 46.9 Å². The number of anilines is 1. The molecular weight excluding hydrogens is 361 g/mol. The number of hydrogen-bond donors (Lipinski definition) is 1. The normalized spacial score (nSPS) is 10.7. The van der Waals surface area contributed by atoms with E-state index in [2.05, 4.69) is 10.4 Å². The van der Waals surface area contributed by atoms with E-state index in [9.17, 15) is 9.18 Å². The van der Waals surface area contributed by atoms with Crippen LogP contribution in [0.4, 0.5) is 10.2 Å². The first kappa shape index (κ1) is 17.5. The third-order valence-corrected chi connectivity index (χ3v) is 4.78. The minimum atomic E-state index is -0.328. The van der Waals surface area contributed by atoms with Crippen LogP contribution in [0, 0.1) is 5.82 Å². The fourth-order valence-corrected chi connectivity index (χ4v) is 3.10. The number of thioether (sulfide) groups is 1. The van der Waals surface area contributed by atoms with E-state index < -0.39 is 0 Å². The number of amides is 1. The molecule has 0 unspecified atom stereocenters. The highest BCUT2D eigenvalue weighted by atomic mass is 35.5. The van der Waals surface area contributed by atoms with Gasteiger partial charge in [0.2, 0.25) is 5.91 Å². The molecule has 7 heteroatoms. The lowest BCUT2D eigenvalue weighted by Crippen LogP contribution is -2.16. The number of halogens is 2. The number of carbonyl (C=O) groups is 1. The van der Waals surface area contributed by atoms with Crippen molar-refractivity contribution in [2.45, 2.75) is 4.90 Å². The van der Waals surface area contributed by atoms with E-state index in [1.54, 1.807) is 48.1 Å². The van der Waals surface area contributed by atoms with Crippen molar-refractivity contribution < 1.29 is 9.18 Å². The molecule has 0 fully saturated rings. The largest absolute Gasteiger partial charge is 0.310 e. The lowest BCUT2D eigenvalue weighted by atomic mass is 10.1. The Morgan fingerprint density at radius 2 is 1.96 bits per heavy atom. The van der Waals surface area contributed by atoms with Gasteiger partial charge in [0.05, 0.1) is 11.4 Å². The fraction of sp³-hybridized carbons (Fsp3) is 0.111. The van der Waals surface area contributed by atoms with Crippen molar-refractivity contribution >= 4 is 35.1 Å². The van der Waals surface area contributed by atoms with Crippen molar-refractivity contribution in [1.82, 2.24) is 9.78 Å². The summed E-state index contributed by atoms with van der Waals surface area (Å²) in [6.45, 7) is 0. The van der Waals surface area contributed by atoms with E-state index in [1.165, 1.54) is 6.07 Å². The highest BCUT2D eigenvalue weighted by Crippen LogP contribution is 2.24. The van der Waals surface area contributed by atoms with Gasteiger partial charge in [-0.1, -0.05) is 35.9 Å². The number of nitrogens with zero attached hydrogens (tertiary/aromatic N) is 2. The first-order chi connectivity index (χ1) is 12.0. The van der Waals surface area contributed by atoms with E-state index >= 15 is 0 Å². The molecule has 0 radical (unpaired) electrons. The van der Waals surface area contributed by atoms with Crippen molar-refractivity contribution in [3.8, 4) is 11.3 Å². The first-order valence-electron chi connectivity index (χ1n) is 7.50. The second-order valence-electron chi connectivity index (χ2n) is 5.31. The predicted molar refractivity (Wildman–Crippen MR) is 99.4 cm³/mol. The van der Waals surface area contributed by atoms with Crippen LogP contribution in [0.25, 0.3) is 11.3 Å². The maximum absolute atomic E-state index is 13.6. The molecule has 0 bridgehead atoms. The smallest absolute Gasteiger partial charge is 0.235 e. The maximum atomic E-state index is 13.6. The lowest BCUT2D eigenvalue weighted by molar-refractivity contribution is -0.113. The first-order valence-corrected chi connectivity index (χ1v) is 8.86. The Bertz CT molecular complexity index is 896. The Hall–Kier alpha value is -2.31. The Morgan fingerprint density at radius 1 is 1.24 bits per heavy atom. The monoisotopic (exact) mass is 375 g/mol. The van der Waals surface area contributed by atoms with Gasteiger partial charge in [-0.3, -0.25) is 9.48 Å². The standard InChI is InChI=1S/C18H15ClFN3OS/c1-23-17(10-15(22-23)12-6-8-13(19)9-7-12)21-18(24)11-25-16-5-3-2-4-14(16)20/h2-10H,11H2,1H3,(H,21,24). The molecule has 0 aliphatic rings. The summed E-state index contributed by atoms with van der Waals surface area (Å²) in [5.41, 5.74) is 1.64. The van der Waals surface area contributed by atoms with Gasteiger partial charge in [-0.15, -0.1) is 11.8 Å². The van der Waals surface area contributed by atoms with E-state index in [4.69, 9.17) is 11.6 Å². The Balaban J connectivity index is 1.65. The van der Waals surface area contributed by atoms with Crippen molar-refractivity contribution in [1.29, 1.82) is 0 Å². The van der Waals surface area contributed by atoms with Gasteiger partial charge in [0.15, 0.2) is 0 Å². The summed E-state index contributed by atoms with van der Waals surface area (Å²) < 4.78 is 15.2. The molecule has 0 saturated heterocycles. The van der Waals surface area contributed by atoms with Crippen molar-refractivity contribution in [3.63, 3.8) is 0 Å². The molecule has 0 atom stereocenters. The van der Waals surface area contributed by atoms with Gasteiger partial charge in [-0.25, -0.2) is 4.39 Å². The summed E-state index contributed by atoms with van der Waals surface area (Å²) in [7, 11) is 1.75. The quantitative estimate of drug-likeness (QED) is 0.662. The van der Waals surface area contributed by atoms with Crippen LogP contribution in [-0.4, -0.2) is 21.4 Å². The minimum Gasteiger partial charge on any atom is -0.310 e. The SMILES string of the molecule is Cn1nc(-c2ccc(Cl)cc2)cc1NC(=O)CSc1ccccc1F. The highest BCUT2D eigenvalue weighted by Gasteiger charge is 2.11. The van der Waals surface area contributed by atoms with Crippen molar-refractivity contribution in [2.75, 3.05) is 11.1 Å². The summed E-state index contributed by atoms with van der Waals surface area (Å²) in [6.07, 6.45) is 0. The van der Waals surface area contributed by atoms with Crippen LogP contribution < -0.4 is 5.32 Å². The van der Waals surface area contributed by atoms with Gasteiger partial charge in [0, 0.05) is 28.6 Å². The molecule has 3 rings (SSSR count). The van der Waals surface area contributed by atoms with E-state index in [-0.39, 0.29) is 17.5 Å². The van der Waals surface area contributed by atoms with Crippen LogP contribution in [0.5, 0.6) is 0 Å². The molecule has 0 saturated carbocycles. The van der Waals surface area contributed by atoms with E-state index in [0.717, 1.165) is 23.0 Å². The number of carbonyl (C=O) groups excluding carboxylic acids is 1. The summed E-state index contributed by atoms with van der Waals surface area (Å²) in [4.78, 5) is 12.6. The molecule has 1 aromatic heterocycles. The number of aromatic nitrogens is 2. The van der Waals surface area contributed by atoms with Crippen LogP contribution in [0.3, 0.4) is 0 Å². The Labute approximate surface area is 154 Å². The number of benzene rings is 2. The zero-order valence-electron chi connectivity index (χ0n) is 13.4. The molecule has 3 aromatic rings. The van der Waals surface area contributed by atoms with Crippen LogP contribution in [0.2, 0.25) is 5.02 Å². The molecule has 0 spiro atoms. The molecule has 128 valence electrons. The van der Waals surface area contributed by atoms with Crippen molar-refractivity contribution in [2.24, 2.45) is 7.05 Å². The molecule has 0 aliphatic heterocycles. The molecule has 25 heavy (non-hydrogen) atoms. The van der Waals surface area contributed by atoms with Crippen LogP contribution in [-0.2, 0) is 11.8 Å². The Kier molecular flexibility index (Phi) is 5.40. The zero-order chi connectivity index (χ0) is 17.8. The summed E-state index contributed by atoms with van der Waals surface area (Å²) in [5.74, 6) is 0.136. The summed E-state index contributed by atoms with van der Waals surface area (Å²) in [6, 6.07) is 15.5. The Morgan fingerprint density at radius 3 is 2.68 bits per heavy atom. The van der Waals surface area contributed by atoms with Gasteiger partial charge in [0.1, 0.15) is 11.6 Å². The molecule has 1 amide bonds. The molecular formula is C18H15ClFN3OS. The third kappa shape index (κ3) is 4.41. The van der Waals surface area contributed by atoms with E-state index in [1.807, 2.05) is 12.1 Å². The van der Waals surface area contributed by atoms with Gasteiger partial charge in [-0.2, -0.15) is 5.10 Å². The third-order valence-electron chi connectivity index (χ3n) is 3.48. The van der Waals surface area contributed by atoms with Crippen LogP contribution >= 0.6 is 23.4 Å². The average Bonchev–Trinajstić information content (AvgIpc) is 2.95. The van der Waals surface area contributed by atoms with Crippen LogP contribution in [0.1, 0.15) is 0 Å². The lowest BCUT2D eigenvalue weighted by Gasteiger charge is -2.05. The maximum Gasteiger partial charge on any atom is 0.235 e. The van der Waals surface area contributed by atoms with Crippen LogP contribution in [0.15, 0.2) is 59.5 Å². The summed E-state index contributed by atoms with van der Waals surface area (Å²) >= 11 is 7.04. The molecule has 0 aliphatic carbocycles. The number of hydrogen-bond acceptors (Lipinski definition) is 3. The summed E-state index contributed by atoms with van der Waals surface area (Å²) in [5, 5.41) is 7.83. The number of aryl methyl sites for hydroxylation is 1. The molecule has 4 nitrogen and oxygen atoms in total. The minimum absolute atomic E-state index is 0.113. The van der Waals surface area contributed by atoms with Gasteiger partial charge in [0.25, 0.3) is 0 Å². The second-order valence-corrected chi connectivity index (χ2v) is 6.77. The van der Waals surface area contributed by atoms with Crippen molar-refractivity contribution in [3.05, 3.63) is 65.4 Å². The molecule has 1 N–H and O–H groups in total. The van der Waals surface area contributed by atoms with E-state index in [0.29, 0.717) is 15.7 Å². The molecule has 1 heterocycles. The molecule has 2 aromatic carbocycles. The predicted octanol–water partition coefficient (Wildman–Crippen LogP) is 4.61.